The highest BCUT2D eigenvalue weighted by Gasteiger charge is 2.23. The molecule has 27 heavy (non-hydrogen) atoms. The van der Waals surface area contributed by atoms with Crippen LogP contribution >= 0.6 is 11.3 Å². The van der Waals surface area contributed by atoms with Gasteiger partial charge in [-0.3, -0.25) is 4.79 Å². The van der Waals surface area contributed by atoms with Crippen molar-refractivity contribution in [3.05, 3.63) is 41.1 Å². The van der Waals surface area contributed by atoms with Gasteiger partial charge in [-0.05, 0) is 32.0 Å². The van der Waals surface area contributed by atoms with Crippen LogP contribution in [0.5, 0.6) is 5.88 Å². The molecule has 0 N–H and O–H groups in total. The van der Waals surface area contributed by atoms with E-state index in [4.69, 9.17) is 4.74 Å². The van der Waals surface area contributed by atoms with E-state index < -0.39 is 0 Å². The Balaban J connectivity index is 1.51. The summed E-state index contributed by atoms with van der Waals surface area (Å²) in [4.78, 5) is 29.3. The zero-order valence-electron chi connectivity index (χ0n) is 15.3. The van der Waals surface area contributed by atoms with Crippen molar-refractivity contribution in [1.29, 1.82) is 0 Å². The zero-order chi connectivity index (χ0) is 18.8. The van der Waals surface area contributed by atoms with Gasteiger partial charge in [0.15, 0.2) is 0 Å². The van der Waals surface area contributed by atoms with Gasteiger partial charge in [-0.1, -0.05) is 0 Å². The first-order chi connectivity index (χ1) is 13.1. The Morgan fingerprint density at radius 1 is 1.15 bits per heavy atom. The number of nitrogens with zero attached hydrogens (tertiary/aromatic N) is 5. The van der Waals surface area contributed by atoms with Crippen LogP contribution in [0.25, 0.3) is 10.9 Å². The minimum absolute atomic E-state index is 0.00966. The molecule has 1 aliphatic rings. The number of aromatic nitrogens is 3. The van der Waals surface area contributed by atoms with Gasteiger partial charge in [-0.25, -0.2) is 15.0 Å². The summed E-state index contributed by atoms with van der Waals surface area (Å²) in [6.45, 7) is 6.86. The number of hydrogen-bond donors (Lipinski definition) is 0. The van der Waals surface area contributed by atoms with Crippen LogP contribution in [0.15, 0.2) is 35.4 Å². The Labute approximate surface area is 161 Å². The molecule has 0 saturated carbocycles. The van der Waals surface area contributed by atoms with Gasteiger partial charge in [0.05, 0.1) is 22.5 Å². The number of ether oxygens (including phenoxy) is 1. The van der Waals surface area contributed by atoms with Crippen LogP contribution in [-0.4, -0.2) is 58.0 Å². The summed E-state index contributed by atoms with van der Waals surface area (Å²) >= 11 is 1.44. The molecule has 2 aromatic heterocycles. The van der Waals surface area contributed by atoms with E-state index in [2.05, 4.69) is 32.0 Å². The van der Waals surface area contributed by atoms with E-state index in [9.17, 15) is 4.79 Å². The summed E-state index contributed by atoms with van der Waals surface area (Å²) in [7, 11) is 0. The molecule has 140 valence electrons. The molecule has 0 unspecified atom stereocenters. The van der Waals surface area contributed by atoms with Gasteiger partial charge >= 0.3 is 0 Å². The maximum atomic E-state index is 12.4. The lowest BCUT2D eigenvalue weighted by molar-refractivity contribution is 0.0741. The van der Waals surface area contributed by atoms with Crippen LogP contribution in [0.2, 0.25) is 0 Å². The summed E-state index contributed by atoms with van der Waals surface area (Å²) in [6, 6.07) is 6.13. The van der Waals surface area contributed by atoms with Gasteiger partial charge in [-0.2, -0.15) is 0 Å². The van der Waals surface area contributed by atoms with Crippen molar-refractivity contribution in [1.82, 2.24) is 19.9 Å². The average Bonchev–Trinajstić information content (AvgIpc) is 3.22. The van der Waals surface area contributed by atoms with Crippen molar-refractivity contribution in [2.45, 2.75) is 20.0 Å². The van der Waals surface area contributed by atoms with Crippen molar-refractivity contribution >= 4 is 33.8 Å². The van der Waals surface area contributed by atoms with Gasteiger partial charge < -0.3 is 14.5 Å². The molecule has 7 nitrogen and oxygen atoms in total. The number of piperazine rings is 1. The van der Waals surface area contributed by atoms with Gasteiger partial charge in [-0.15, -0.1) is 11.3 Å². The smallest absolute Gasteiger partial charge is 0.273 e. The van der Waals surface area contributed by atoms with Crippen LogP contribution in [-0.2, 0) is 0 Å². The first-order valence-corrected chi connectivity index (χ1v) is 9.90. The molecule has 0 radical (unpaired) electrons. The standard InChI is InChI=1S/C19H21N5O2S/c1-13(2)26-18-15-9-14(3-4-16(15)20-11-21-18)23-5-7-24(8-6-23)19(25)17-10-27-12-22-17/h3-4,9-13H,5-8H2,1-2H3. The lowest BCUT2D eigenvalue weighted by Crippen LogP contribution is -2.48. The quantitative estimate of drug-likeness (QED) is 0.690. The number of rotatable bonds is 4. The number of carbonyl (C=O) groups is 1. The molecule has 3 aromatic rings. The van der Waals surface area contributed by atoms with E-state index in [0.29, 0.717) is 24.7 Å². The van der Waals surface area contributed by atoms with Crippen molar-refractivity contribution < 1.29 is 9.53 Å². The second-order valence-electron chi connectivity index (χ2n) is 6.70. The third kappa shape index (κ3) is 3.71. The summed E-state index contributed by atoms with van der Waals surface area (Å²) in [6.07, 6.45) is 1.58. The predicted octanol–water partition coefficient (Wildman–Crippen LogP) is 2.84. The van der Waals surface area contributed by atoms with Gasteiger partial charge in [0, 0.05) is 37.2 Å². The molecule has 0 aliphatic carbocycles. The van der Waals surface area contributed by atoms with Gasteiger partial charge in [0.25, 0.3) is 5.91 Å². The van der Waals surface area contributed by atoms with E-state index in [1.54, 1.807) is 10.9 Å². The van der Waals surface area contributed by atoms with E-state index in [1.807, 2.05) is 24.8 Å². The first kappa shape index (κ1) is 17.7. The fraction of sp³-hybridized carbons (Fsp3) is 0.368. The molecule has 3 heterocycles. The molecule has 1 aromatic carbocycles. The van der Waals surface area contributed by atoms with Crippen LogP contribution in [0.3, 0.4) is 0 Å². The van der Waals surface area contributed by atoms with Crippen molar-refractivity contribution in [3.63, 3.8) is 0 Å². The van der Waals surface area contributed by atoms with E-state index in [-0.39, 0.29) is 12.0 Å². The molecule has 1 amide bonds. The number of benzene rings is 1. The summed E-state index contributed by atoms with van der Waals surface area (Å²) < 4.78 is 5.83. The molecule has 1 fully saturated rings. The average molecular weight is 383 g/mol. The van der Waals surface area contributed by atoms with E-state index >= 15 is 0 Å². The van der Waals surface area contributed by atoms with Crippen LogP contribution in [0.1, 0.15) is 24.3 Å². The summed E-state index contributed by atoms with van der Waals surface area (Å²) in [5.41, 5.74) is 4.18. The SMILES string of the molecule is CC(C)Oc1ncnc2ccc(N3CCN(C(=O)c4cscn4)CC3)cc12. The molecule has 1 saturated heterocycles. The summed E-state index contributed by atoms with van der Waals surface area (Å²) in [5, 5.41) is 2.71. The molecule has 4 rings (SSSR count). The first-order valence-electron chi connectivity index (χ1n) is 8.95. The number of anilines is 1. The fourth-order valence-corrected chi connectivity index (χ4v) is 3.71. The Morgan fingerprint density at radius 2 is 1.96 bits per heavy atom. The second-order valence-corrected chi connectivity index (χ2v) is 7.42. The molecule has 1 aliphatic heterocycles. The number of fused-ring (bicyclic) bond motifs is 1. The Kier molecular flexibility index (Phi) is 4.89. The monoisotopic (exact) mass is 383 g/mol. The van der Waals surface area contributed by atoms with E-state index in [1.165, 1.54) is 17.7 Å². The third-order valence-corrected chi connectivity index (χ3v) is 5.10. The molecular formula is C19H21N5O2S. The number of thiazole rings is 1. The lowest BCUT2D eigenvalue weighted by atomic mass is 10.2. The third-order valence-electron chi connectivity index (χ3n) is 4.51. The normalized spacial score (nSPS) is 14.8. The van der Waals surface area contributed by atoms with Crippen LogP contribution in [0.4, 0.5) is 5.69 Å². The fourth-order valence-electron chi connectivity index (χ4n) is 3.18. The minimum atomic E-state index is 0.00966. The van der Waals surface area contributed by atoms with Crippen LogP contribution in [0, 0.1) is 0 Å². The number of amides is 1. The van der Waals surface area contributed by atoms with Gasteiger partial charge in [0.2, 0.25) is 5.88 Å². The van der Waals surface area contributed by atoms with Crippen molar-refractivity contribution in [3.8, 4) is 5.88 Å². The largest absolute Gasteiger partial charge is 0.474 e. The Bertz CT molecular complexity index is 936. The maximum absolute atomic E-state index is 12.4. The lowest BCUT2D eigenvalue weighted by Gasteiger charge is -2.36. The molecule has 0 atom stereocenters. The minimum Gasteiger partial charge on any atom is -0.474 e. The van der Waals surface area contributed by atoms with Crippen molar-refractivity contribution in [2.75, 3.05) is 31.1 Å². The molecular weight excluding hydrogens is 362 g/mol. The highest BCUT2D eigenvalue weighted by molar-refractivity contribution is 7.07. The Morgan fingerprint density at radius 3 is 2.67 bits per heavy atom. The maximum Gasteiger partial charge on any atom is 0.273 e. The Hall–Kier alpha value is -2.74. The highest BCUT2D eigenvalue weighted by atomic mass is 32.1. The predicted molar refractivity (Wildman–Crippen MR) is 106 cm³/mol. The molecule has 0 bridgehead atoms. The van der Waals surface area contributed by atoms with Crippen molar-refractivity contribution in [2.24, 2.45) is 0 Å². The highest BCUT2D eigenvalue weighted by Crippen LogP contribution is 2.28. The topological polar surface area (TPSA) is 71.5 Å². The number of carbonyl (C=O) groups excluding carboxylic acids is 1. The summed E-state index contributed by atoms with van der Waals surface area (Å²) in [5.74, 6) is 0.615. The van der Waals surface area contributed by atoms with Gasteiger partial charge in [0.1, 0.15) is 12.0 Å². The van der Waals surface area contributed by atoms with Crippen LogP contribution < -0.4 is 9.64 Å². The van der Waals surface area contributed by atoms with E-state index in [0.717, 1.165) is 29.7 Å². The molecule has 0 spiro atoms. The zero-order valence-corrected chi connectivity index (χ0v) is 16.1. The second kappa shape index (κ2) is 7.48. The number of hydrogen-bond acceptors (Lipinski definition) is 7. The molecule has 8 heteroatoms.